The molecule has 0 bridgehead atoms. The van der Waals surface area contributed by atoms with Gasteiger partial charge in [-0.15, -0.1) is 0 Å². The second kappa shape index (κ2) is 9.69. The van der Waals surface area contributed by atoms with E-state index in [9.17, 15) is 36.6 Å². The molecule has 0 heterocycles. The van der Waals surface area contributed by atoms with E-state index < -0.39 is 55.9 Å². The van der Waals surface area contributed by atoms with Crippen LogP contribution in [-0.4, -0.2) is 40.9 Å². The number of hydrogen-bond donors (Lipinski definition) is 2. The van der Waals surface area contributed by atoms with Crippen LogP contribution >= 0.6 is 0 Å². The predicted octanol–water partition coefficient (Wildman–Crippen LogP) is -0.637. The lowest BCUT2D eigenvalue weighted by Crippen LogP contribution is -2.50. The average molecular weight is 523 g/mol. The number of fused-ring (bicyclic) bond motifs is 3. The van der Waals surface area contributed by atoms with Gasteiger partial charge in [0.2, 0.25) is 20.0 Å². The van der Waals surface area contributed by atoms with Crippen LogP contribution in [0.25, 0.3) is 11.1 Å². The monoisotopic (exact) mass is 522 g/mol. The molecule has 1 aliphatic carbocycles. The predicted molar refractivity (Wildman–Crippen MR) is 123 cm³/mol. The molecule has 2 aromatic rings. The number of sulfonamides is 2. The molecule has 12 heteroatoms. The second-order valence-corrected chi connectivity index (χ2v) is 12.6. The van der Waals surface area contributed by atoms with Crippen molar-refractivity contribution in [2.24, 2.45) is 11.8 Å². The van der Waals surface area contributed by atoms with Gasteiger partial charge in [-0.25, -0.2) is 26.3 Å². The molecule has 10 nitrogen and oxygen atoms in total. The van der Waals surface area contributed by atoms with E-state index in [0.29, 0.717) is 22.3 Å². The Labute approximate surface area is 204 Å². The third kappa shape index (κ3) is 5.56. The maximum Gasteiger partial charge on any atom is 0.241 e. The largest absolute Gasteiger partial charge is 0.548 e. The average Bonchev–Trinajstić information content (AvgIpc) is 3.12. The van der Waals surface area contributed by atoms with Crippen LogP contribution in [0, 0.1) is 11.8 Å². The summed E-state index contributed by atoms with van der Waals surface area (Å²) in [7, 11) is -8.32. The molecular weight excluding hydrogens is 496 g/mol. The molecule has 35 heavy (non-hydrogen) atoms. The lowest BCUT2D eigenvalue weighted by molar-refractivity contribution is -0.310. The third-order valence-electron chi connectivity index (χ3n) is 5.85. The molecule has 2 N–H and O–H groups in total. The first-order chi connectivity index (χ1) is 16.1. The highest BCUT2D eigenvalue weighted by Gasteiger charge is 2.28. The molecule has 0 saturated carbocycles. The molecule has 190 valence electrons. The van der Waals surface area contributed by atoms with Crippen molar-refractivity contribution >= 4 is 32.0 Å². The summed E-state index contributed by atoms with van der Waals surface area (Å²) in [6.07, 6.45) is 0.236. The van der Waals surface area contributed by atoms with E-state index >= 15 is 0 Å². The highest BCUT2D eigenvalue weighted by atomic mass is 32.2. The Morgan fingerprint density at radius 3 is 1.34 bits per heavy atom. The second-order valence-electron chi connectivity index (χ2n) is 9.14. The molecule has 0 unspecified atom stereocenters. The summed E-state index contributed by atoms with van der Waals surface area (Å²) in [5.41, 5.74) is 2.67. The van der Waals surface area contributed by atoms with Gasteiger partial charge < -0.3 is 19.8 Å². The van der Waals surface area contributed by atoms with E-state index in [1.165, 1.54) is 24.3 Å². The van der Waals surface area contributed by atoms with Gasteiger partial charge in [0.25, 0.3) is 0 Å². The molecule has 0 aliphatic heterocycles. The van der Waals surface area contributed by atoms with Gasteiger partial charge in [-0.05, 0) is 64.8 Å². The van der Waals surface area contributed by atoms with E-state index in [0.717, 1.165) is 0 Å². The van der Waals surface area contributed by atoms with Crippen LogP contribution < -0.4 is 19.7 Å². The first-order valence-electron chi connectivity index (χ1n) is 10.9. The van der Waals surface area contributed by atoms with E-state index in [-0.39, 0.29) is 16.2 Å². The maximum absolute atomic E-state index is 12.8. The number of carbonyl (C=O) groups is 2. The molecule has 3 rings (SSSR count). The number of hydrogen-bond acceptors (Lipinski definition) is 8. The van der Waals surface area contributed by atoms with Crippen molar-refractivity contribution in [1.82, 2.24) is 9.44 Å². The van der Waals surface area contributed by atoms with E-state index in [1.54, 1.807) is 39.8 Å². The Bertz CT molecular complexity index is 1280. The van der Waals surface area contributed by atoms with Crippen molar-refractivity contribution < 1.29 is 36.6 Å². The zero-order valence-electron chi connectivity index (χ0n) is 19.6. The number of nitrogens with one attached hydrogen (secondary N) is 2. The summed E-state index contributed by atoms with van der Waals surface area (Å²) in [4.78, 5) is 22.4. The molecule has 2 atom stereocenters. The molecule has 0 fully saturated rings. The molecular formula is C23H26N2O8S2-2. The normalized spacial score (nSPS) is 15.0. The Hall–Kier alpha value is -2.80. The van der Waals surface area contributed by atoms with Crippen molar-refractivity contribution in [2.45, 2.75) is 56.0 Å². The number of benzene rings is 2. The number of carbonyl (C=O) groups excluding carboxylic acids is 2. The van der Waals surface area contributed by atoms with Crippen LogP contribution in [0.5, 0.6) is 0 Å². The smallest absolute Gasteiger partial charge is 0.241 e. The first-order valence-corrected chi connectivity index (χ1v) is 13.8. The van der Waals surface area contributed by atoms with Gasteiger partial charge >= 0.3 is 0 Å². The summed E-state index contributed by atoms with van der Waals surface area (Å²) in [6, 6.07) is 5.89. The first kappa shape index (κ1) is 26.8. The van der Waals surface area contributed by atoms with Crippen molar-refractivity contribution in [1.29, 1.82) is 0 Å². The molecule has 2 aromatic carbocycles. The Morgan fingerprint density at radius 1 is 0.714 bits per heavy atom. The quantitative estimate of drug-likeness (QED) is 0.354. The number of carboxylic acid groups (broad SMARTS) is 2. The maximum atomic E-state index is 12.8. The van der Waals surface area contributed by atoms with Crippen LogP contribution in [-0.2, 0) is 36.1 Å². The molecule has 1 aliphatic rings. The van der Waals surface area contributed by atoms with E-state index in [2.05, 4.69) is 9.44 Å². The van der Waals surface area contributed by atoms with Gasteiger partial charge in [-0.1, -0.05) is 39.8 Å². The molecule has 0 amide bonds. The van der Waals surface area contributed by atoms with Gasteiger partial charge in [0, 0.05) is 0 Å². The fraction of sp³-hybridized carbons (Fsp3) is 0.391. The lowest BCUT2D eigenvalue weighted by Gasteiger charge is -2.23. The van der Waals surface area contributed by atoms with Crippen LogP contribution in [0.2, 0.25) is 0 Å². The topological polar surface area (TPSA) is 173 Å². The number of carboxylic acids is 2. The zero-order chi connectivity index (χ0) is 26.3. The highest BCUT2D eigenvalue weighted by Crippen LogP contribution is 2.38. The van der Waals surface area contributed by atoms with Crippen LogP contribution in [0.4, 0.5) is 0 Å². The summed E-state index contributed by atoms with van der Waals surface area (Å²) in [5.74, 6) is -4.12. The van der Waals surface area contributed by atoms with Crippen LogP contribution in [0.3, 0.4) is 0 Å². The van der Waals surface area contributed by atoms with Crippen molar-refractivity contribution in [2.75, 3.05) is 0 Å². The molecule has 0 saturated heterocycles. The van der Waals surface area contributed by atoms with Gasteiger partial charge in [-0.3, -0.25) is 0 Å². The summed E-state index contributed by atoms with van der Waals surface area (Å²) >= 11 is 0. The van der Waals surface area contributed by atoms with Gasteiger partial charge in [-0.2, -0.15) is 0 Å². The van der Waals surface area contributed by atoms with Gasteiger partial charge in [0.1, 0.15) is 0 Å². The molecule has 0 spiro atoms. The standard InChI is InChI=1S/C23H28N2O8S2/c1-12(2)20(22(26)27)24-34(30,31)16-5-7-18-14(10-16)9-15-11-17(6-8-19(15)18)35(32,33)25-21(13(3)4)23(28)29/h5-8,10-13,20-21,24-25H,9H2,1-4H3,(H,26,27)(H,28,29)/p-2/t20-,21-/m1/s1. The summed E-state index contributed by atoms with van der Waals surface area (Å²) in [6.45, 7) is 6.22. The minimum absolute atomic E-state index is 0.126. The van der Waals surface area contributed by atoms with Gasteiger partial charge in [0.15, 0.2) is 0 Å². The number of rotatable bonds is 10. The van der Waals surface area contributed by atoms with E-state index in [4.69, 9.17) is 0 Å². The SMILES string of the molecule is CC(C)[C@@H](NS(=O)(=O)c1ccc2c(c1)Cc1cc(S(=O)(=O)N[C@@H](C(=O)[O-])C(C)C)ccc1-2)C(=O)[O-]. The summed E-state index contributed by atoms with van der Waals surface area (Å²) in [5, 5.41) is 22.6. The van der Waals surface area contributed by atoms with Gasteiger partial charge in [0.05, 0.1) is 33.8 Å². The van der Waals surface area contributed by atoms with Crippen LogP contribution in [0.1, 0.15) is 38.8 Å². The Balaban J connectivity index is 1.90. The summed E-state index contributed by atoms with van der Waals surface area (Å²) < 4.78 is 55.4. The van der Waals surface area contributed by atoms with Crippen LogP contribution in [0.15, 0.2) is 46.2 Å². The lowest BCUT2D eigenvalue weighted by atomic mass is 10.1. The minimum Gasteiger partial charge on any atom is -0.548 e. The fourth-order valence-electron chi connectivity index (χ4n) is 3.88. The minimum atomic E-state index is -4.16. The number of aliphatic carboxylic acids is 2. The van der Waals surface area contributed by atoms with Crippen molar-refractivity contribution in [3.05, 3.63) is 47.5 Å². The molecule has 0 radical (unpaired) electrons. The highest BCUT2D eigenvalue weighted by molar-refractivity contribution is 7.89. The third-order valence-corrected chi connectivity index (χ3v) is 8.73. The Kier molecular flexibility index (Phi) is 7.42. The van der Waals surface area contributed by atoms with Crippen molar-refractivity contribution in [3.63, 3.8) is 0 Å². The van der Waals surface area contributed by atoms with Crippen molar-refractivity contribution in [3.8, 4) is 11.1 Å². The Morgan fingerprint density at radius 2 is 1.06 bits per heavy atom. The zero-order valence-corrected chi connectivity index (χ0v) is 21.2. The fourth-order valence-corrected chi connectivity index (χ4v) is 6.65. The van der Waals surface area contributed by atoms with E-state index in [1.807, 2.05) is 0 Å². The molecule has 0 aromatic heterocycles.